The molecule has 0 amide bonds. The maximum Gasteiger partial charge on any atom is 0.139 e. The molecule has 7 nitrogen and oxygen atoms in total. The third-order valence-electron chi connectivity index (χ3n) is 4.39. The Morgan fingerprint density at radius 2 is 2.07 bits per heavy atom. The van der Waals surface area contributed by atoms with Crippen LogP contribution in [0.1, 0.15) is 42.0 Å². The lowest BCUT2D eigenvalue weighted by Crippen LogP contribution is -2.08. The zero-order valence-electron chi connectivity index (χ0n) is 16.9. The van der Waals surface area contributed by atoms with E-state index < -0.39 is 0 Å². The molecule has 0 bridgehead atoms. The fourth-order valence-electron chi connectivity index (χ4n) is 2.82. The molecule has 0 unspecified atom stereocenters. The lowest BCUT2D eigenvalue weighted by atomic mass is 10.0. The first kappa shape index (κ1) is 20.7. The zero-order chi connectivity index (χ0) is 20.8. The van der Waals surface area contributed by atoms with Gasteiger partial charge in [-0.05, 0) is 59.9 Å². The van der Waals surface area contributed by atoms with Gasteiger partial charge in [-0.2, -0.15) is 10.6 Å². The molecule has 1 N–H and O–H groups in total. The number of rotatable bonds is 8. The highest BCUT2D eigenvalue weighted by Gasteiger charge is 2.13. The predicted molar refractivity (Wildman–Crippen MR) is 115 cm³/mol. The van der Waals surface area contributed by atoms with E-state index in [1.54, 1.807) is 13.3 Å². The van der Waals surface area contributed by atoms with Gasteiger partial charge in [0, 0.05) is 10.6 Å². The van der Waals surface area contributed by atoms with Crippen LogP contribution < -0.4 is 15.0 Å². The average molecular weight is 414 g/mol. The minimum atomic E-state index is 0.298. The van der Waals surface area contributed by atoms with Crippen LogP contribution in [-0.2, 0) is 6.61 Å². The molecule has 29 heavy (non-hydrogen) atoms. The summed E-state index contributed by atoms with van der Waals surface area (Å²) >= 11 is 6.29. The van der Waals surface area contributed by atoms with Crippen molar-refractivity contribution in [2.24, 2.45) is 5.10 Å². The predicted octanol–water partition coefficient (Wildman–Crippen LogP) is 4.53. The second kappa shape index (κ2) is 9.43. The highest BCUT2D eigenvalue weighted by atomic mass is 35.5. The summed E-state index contributed by atoms with van der Waals surface area (Å²) in [4.78, 5) is 5.25. The van der Waals surface area contributed by atoms with Crippen LogP contribution in [0.2, 0.25) is 5.02 Å². The first-order chi connectivity index (χ1) is 14.0. The number of ether oxygens (including phenoxy) is 2. The van der Waals surface area contributed by atoms with Crippen LogP contribution in [0.5, 0.6) is 11.5 Å². The van der Waals surface area contributed by atoms with Crippen molar-refractivity contribution in [3.63, 3.8) is 0 Å². The van der Waals surface area contributed by atoms with E-state index in [2.05, 4.69) is 34.6 Å². The minimum Gasteiger partial charge on any atom is -0.496 e. The van der Waals surface area contributed by atoms with Crippen LogP contribution in [0.15, 0.2) is 48.1 Å². The number of aromatic nitrogens is 3. The second-order valence-electron chi connectivity index (χ2n) is 6.85. The fourth-order valence-corrected chi connectivity index (χ4v) is 2.99. The SMILES string of the molecule is COc1ccc(C=NNn2cncn2)cc1COc1cc(C)c(Cl)cc1C(C)C. The Morgan fingerprint density at radius 3 is 2.76 bits per heavy atom. The molecule has 0 aliphatic rings. The lowest BCUT2D eigenvalue weighted by Gasteiger charge is -2.17. The maximum absolute atomic E-state index is 6.29. The van der Waals surface area contributed by atoms with Gasteiger partial charge in [-0.1, -0.05) is 25.4 Å². The van der Waals surface area contributed by atoms with E-state index in [-0.39, 0.29) is 0 Å². The summed E-state index contributed by atoms with van der Waals surface area (Å²) in [5, 5.41) is 8.82. The molecule has 0 radical (unpaired) electrons. The second-order valence-corrected chi connectivity index (χ2v) is 7.26. The number of halogens is 1. The Balaban J connectivity index is 1.78. The number of nitrogens with zero attached hydrogens (tertiary/aromatic N) is 4. The highest BCUT2D eigenvalue weighted by Crippen LogP contribution is 2.33. The number of methoxy groups -OCH3 is 1. The Hall–Kier alpha value is -3.06. The van der Waals surface area contributed by atoms with Gasteiger partial charge in [0.2, 0.25) is 0 Å². The van der Waals surface area contributed by atoms with Crippen molar-refractivity contribution in [1.82, 2.24) is 14.9 Å². The maximum atomic E-state index is 6.29. The van der Waals surface area contributed by atoms with Gasteiger partial charge < -0.3 is 9.47 Å². The third kappa shape index (κ3) is 5.26. The number of hydrogen-bond acceptors (Lipinski definition) is 6. The average Bonchev–Trinajstić information content (AvgIpc) is 3.22. The summed E-state index contributed by atoms with van der Waals surface area (Å²) < 4.78 is 11.6. The standard InChI is InChI=1S/C21H24ClN5O2/c1-14(2)18-9-19(22)15(3)7-21(18)29-11-17-8-16(5-6-20(17)28-4)10-24-26-27-13-23-12-25-27/h5-10,12-14,26H,11H2,1-4H3. The zero-order valence-corrected chi connectivity index (χ0v) is 17.6. The molecule has 0 spiro atoms. The Morgan fingerprint density at radius 1 is 1.24 bits per heavy atom. The summed E-state index contributed by atoms with van der Waals surface area (Å²) in [6, 6.07) is 9.75. The van der Waals surface area contributed by atoms with Crippen molar-refractivity contribution in [2.75, 3.05) is 12.6 Å². The van der Waals surface area contributed by atoms with Gasteiger partial charge in [0.25, 0.3) is 0 Å². The van der Waals surface area contributed by atoms with Crippen molar-refractivity contribution >= 4 is 17.8 Å². The number of benzene rings is 2. The molecule has 1 aromatic heterocycles. The first-order valence-corrected chi connectivity index (χ1v) is 9.59. The Bertz CT molecular complexity index is 987. The van der Waals surface area contributed by atoms with Crippen molar-refractivity contribution in [2.45, 2.75) is 33.3 Å². The highest BCUT2D eigenvalue weighted by molar-refractivity contribution is 6.31. The van der Waals surface area contributed by atoms with Gasteiger partial charge in [-0.3, -0.25) is 0 Å². The molecular formula is C21H24ClN5O2. The quantitative estimate of drug-likeness (QED) is 0.434. The summed E-state index contributed by atoms with van der Waals surface area (Å²) in [6.07, 6.45) is 4.64. The Labute approximate surface area is 175 Å². The molecule has 0 saturated heterocycles. The minimum absolute atomic E-state index is 0.298. The Kier molecular flexibility index (Phi) is 6.72. The van der Waals surface area contributed by atoms with Crippen LogP contribution in [0.25, 0.3) is 0 Å². The van der Waals surface area contributed by atoms with E-state index in [9.17, 15) is 0 Å². The molecule has 0 aliphatic carbocycles. The molecule has 8 heteroatoms. The van der Waals surface area contributed by atoms with Gasteiger partial charge in [0.05, 0.1) is 13.3 Å². The van der Waals surface area contributed by atoms with Gasteiger partial charge in [-0.15, -0.1) is 9.89 Å². The molecule has 3 rings (SSSR count). The molecule has 152 valence electrons. The molecule has 2 aromatic carbocycles. The van der Waals surface area contributed by atoms with Crippen LogP contribution in [0.3, 0.4) is 0 Å². The van der Waals surface area contributed by atoms with Gasteiger partial charge in [-0.25, -0.2) is 4.98 Å². The number of nitrogens with one attached hydrogen (secondary N) is 1. The monoisotopic (exact) mass is 413 g/mol. The normalized spacial score (nSPS) is 11.2. The fraction of sp³-hybridized carbons (Fsp3) is 0.286. The van der Waals surface area contributed by atoms with Gasteiger partial charge >= 0.3 is 0 Å². The van der Waals surface area contributed by atoms with Crippen molar-refractivity contribution in [3.8, 4) is 11.5 Å². The van der Waals surface area contributed by atoms with Crippen LogP contribution >= 0.6 is 11.6 Å². The van der Waals surface area contributed by atoms with E-state index >= 15 is 0 Å². The number of aryl methyl sites for hydroxylation is 1. The largest absolute Gasteiger partial charge is 0.496 e. The lowest BCUT2D eigenvalue weighted by molar-refractivity contribution is 0.292. The molecule has 0 aliphatic heterocycles. The summed E-state index contributed by atoms with van der Waals surface area (Å²) in [5.74, 6) is 1.88. The summed E-state index contributed by atoms with van der Waals surface area (Å²) in [7, 11) is 1.64. The summed E-state index contributed by atoms with van der Waals surface area (Å²) in [6.45, 7) is 6.57. The molecule has 0 atom stereocenters. The van der Waals surface area contributed by atoms with Crippen LogP contribution in [0, 0.1) is 6.92 Å². The molecule has 1 heterocycles. The van der Waals surface area contributed by atoms with E-state index in [0.29, 0.717) is 12.5 Å². The first-order valence-electron chi connectivity index (χ1n) is 9.21. The van der Waals surface area contributed by atoms with E-state index in [0.717, 1.165) is 38.8 Å². The molecular weight excluding hydrogens is 390 g/mol. The van der Waals surface area contributed by atoms with Crippen LogP contribution in [0.4, 0.5) is 0 Å². The third-order valence-corrected chi connectivity index (χ3v) is 4.80. The van der Waals surface area contributed by atoms with Crippen molar-refractivity contribution in [1.29, 1.82) is 0 Å². The topological polar surface area (TPSA) is 73.6 Å². The van der Waals surface area contributed by atoms with Crippen LogP contribution in [-0.4, -0.2) is 28.2 Å². The van der Waals surface area contributed by atoms with Gasteiger partial charge in [0.15, 0.2) is 0 Å². The van der Waals surface area contributed by atoms with Crippen molar-refractivity contribution < 1.29 is 9.47 Å². The molecule has 0 fully saturated rings. The molecule has 3 aromatic rings. The molecule has 0 saturated carbocycles. The number of hydrogen-bond donors (Lipinski definition) is 1. The van der Waals surface area contributed by atoms with Crippen molar-refractivity contribution in [3.05, 3.63) is 70.3 Å². The van der Waals surface area contributed by atoms with E-state index in [4.69, 9.17) is 21.1 Å². The van der Waals surface area contributed by atoms with E-state index in [1.807, 2.05) is 37.3 Å². The van der Waals surface area contributed by atoms with Gasteiger partial charge in [0.1, 0.15) is 30.8 Å². The summed E-state index contributed by atoms with van der Waals surface area (Å²) in [5.41, 5.74) is 6.62. The smallest absolute Gasteiger partial charge is 0.139 e. The number of hydrazone groups is 1. The van der Waals surface area contributed by atoms with E-state index in [1.165, 1.54) is 17.4 Å².